The fourth-order valence-corrected chi connectivity index (χ4v) is 3.36. The predicted molar refractivity (Wildman–Crippen MR) is 113 cm³/mol. The van der Waals surface area contributed by atoms with Crippen molar-refractivity contribution in [2.75, 3.05) is 6.61 Å². The number of hydrogen-bond donors (Lipinski definition) is 2. The van der Waals surface area contributed by atoms with Crippen LogP contribution in [0.15, 0.2) is 52.7 Å². The van der Waals surface area contributed by atoms with Crippen LogP contribution in [-0.2, 0) is 4.74 Å². The summed E-state index contributed by atoms with van der Waals surface area (Å²) in [4.78, 5) is 19.9. The lowest BCUT2D eigenvalue weighted by Gasteiger charge is -2.07. The van der Waals surface area contributed by atoms with E-state index in [-0.39, 0.29) is 39.0 Å². The maximum absolute atomic E-state index is 14.3. The van der Waals surface area contributed by atoms with Crippen molar-refractivity contribution in [2.24, 2.45) is 0 Å². The van der Waals surface area contributed by atoms with Crippen molar-refractivity contribution in [1.82, 2.24) is 15.1 Å². The van der Waals surface area contributed by atoms with Gasteiger partial charge in [-0.25, -0.2) is 14.2 Å². The molecule has 32 heavy (non-hydrogen) atoms. The number of aromatic amines is 1. The first-order valence-electron chi connectivity index (χ1n) is 9.25. The summed E-state index contributed by atoms with van der Waals surface area (Å²) in [6.45, 7) is 0.820. The Labute approximate surface area is 185 Å². The van der Waals surface area contributed by atoms with Crippen molar-refractivity contribution in [3.05, 3.63) is 76.2 Å². The van der Waals surface area contributed by atoms with E-state index < -0.39 is 24.2 Å². The number of aromatic nitrogens is 3. The SMILES string of the molecule is Cc1onc(-c2c(F)cccc2Cl)c1C(=O)OC/C(O)=C(\C#N)c1nc2ccccc2[nH]1. The number of allylic oxidation sites excluding steroid dienone is 1. The smallest absolute Gasteiger partial charge is 0.344 e. The molecular weight excluding hydrogens is 439 g/mol. The number of aliphatic hydroxyl groups excluding tert-OH is 1. The Morgan fingerprint density at radius 1 is 1.31 bits per heavy atom. The highest BCUT2D eigenvalue weighted by Crippen LogP contribution is 2.33. The number of esters is 1. The molecule has 0 fully saturated rings. The third-order valence-corrected chi connectivity index (χ3v) is 4.95. The van der Waals surface area contributed by atoms with Gasteiger partial charge in [-0.05, 0) is 31.2 Å². The summed E-state index contributed by atoms with van der Waals surface area (Å²) in [7, 11) is 0. The van der Waals surface area contributed by atoms with Gasteiger partial charge in [-0.3, -0.25) is 0 Å². The number of carbonyl (C=O) groups is 1. The molecule has 2 aromatic carbocycles. The fraction of sp³-hybridized carbons (Fsp3) is 0.0909. The van der Waals surface area contributed by atoms with Gasteiger partial charge < -0.3 is 19.4 Å². The number of carbonyl (C=O) groups excluding carboxylic acids is 1. The molecule has 2 heterocycles. The first-order chi connectivity index (χ1) is 15.4. The second-order valence-corrected chi connectivity index (χ2v) is 7.08. The summed E-state index contributed by atoms with van der Waals surface area (Å²) in [6.07, 6.45) is 0. The number of imidazole rings is 1. The summed E-state index contributed by atoms with van der Waals surface area (Å²) in [5.41, 5.74) is 0.702. The number of benzene rings is 2. The maximum Gasteiger partial charge on any atom is 0.344 e. The number of H-pyrrole nitrogens is 1. The van der Waals surface area contributed by atoms with E-state index in [1.54, 1.807) is 24.3 Å². The van der Waals surface area contributed by atoms with E-state index in [0.717, 1.165) is 0 Å². The number of nitriles is 1. The minimum atomic E-state index is -0.938. The standard InChI is InChI=1S/C22H14ClFN4O4/c1-11-18(20(28-32-11)19-13(23)5-4-6-14(19)24)22(30)31-10-17(29)12(9-25)21-26-15-7-2-3-8-16(15)27-21/h2-8,29H,10H2,1H3,(H,26,27)/b17-12-. The number of nitrogens with zero attached hydrogens (tertiary/aromatic N) is 3. The number of fused-ring (bicyclic) bond motifs is 1. The molecule has 10 heteroatoms. The molecular formula is C22H14ClFN4O4. The van der Waals surface area contributed by atoms with Crippen molar-refractivity contribution in [1.29, 1.82) is 5.26 Å². The average Bonchev–Trinajstić information content (AvgIpc) is 3.36. The molecule has 0 radical (unpaired) electrons. The van der Waals surface area contributed by atoms with Crippen LogP contribution in [0, 0.1) is 24.1 Å². The molecule has 160 valence electrons. The van der Waals surface area contributed by atoms with Gasteiger partial charge in [0, 0.05) is 0 Å². The Bertz CT molecular complexity index is 1360. The first-order valence-corrected chi connectivity index (χ1v) is 9.63. The molecule has 4 rings (SSSR count). The van der Waals surface area contributed by atoms with Crippen LogP contribution in [0.2, 0.25) is 5.02 Å². The molecule has 0 unspecified atom stereocenters. The summed E-state index contributed by atoms with van der Waals surface area (Å²) in [5.74, 6) is -1.95. The predicted octanol–water partition coefficient (Wildman–Crippen LogP) is 4.97. The van der Waals surface area contributed by atoms with Crippen LogP contribution in [0.25, 0.3) is 27.9 Å². The molecule has 0 spiro atoms. The minimum Gasteiger partial charge on any atom is -0.507 e. The monoisotopic (exact) mass is 452 g/mol. The summed E-state index contributed by atoms with van der Waals surface area (Å²) >= 11 is 6.07. The van der Waals surface area contributed by atoms with Gasteiger partial charge in [-0.15, -0.1) is 0 Å². The summed E-state index contributed by atoms with van der Waals surface area (Å²) < 4.78 is 24.5. The lowest BCUT2D eigenvalue weighted by molar-refractivity contribution is 0.0501. The number of aliphatic hydroxyl groups is 1. The highest BCUT2D eigenvalue weighted by molar-refractivity contribution is 6.33. The van der Waals surface area contributed by atoms with Gasteiger partial charge >= 0.3 is 5.97 Å². The molecule has 0 bridgehead atoms. The topological polar surface area (TPSA) is 125 Å². The molecule has 2 aromatic heterocycles. The molecule has 0 atom stereocenters. The molecule has 0 saturated carbocycles. The van der Waals surface area contributed by atoms with E-state index in [9.17, 15) is 19.6 Å². The number of para-hydroxylation sites is 2. The van der Waals surface area contributed by atoms with Gasteiger partial charge in [0.1, 0.15) is 41.1 Å². The van der Waals surface area contributed by atoms with E-state index in [1.807, 2.05) is 6.07 Å². The second-order valence-electron chi connectivity index (χ2n) is 6.67. The van der Waals surface area contributed by atoms with Gasteiger partial charge in [0.25, 0.3) is 0 Å². The molecule has 0 amide bonds. The third kappa shape index (κ3) is 3.79. The largest absolute Gasteiger partial charge is 0.507 e. The van der Waals surface area contributed by atoms with Crippen molar-refractivity contribution in [3.63, 3.8) is 0 Å². The highest BCUT2D eigenvalue weighted by Gasteiger charge is 2.27. The van der Waals surface area contributed by atoms with Crippen molar-refractivity contribution < 1.29 is 23.6 Å². The van der Waals surface area contributed by atoms with E-state index in [2.05, 4.69) is 15.1 Å². The first kappa shape index (κ1) is 21.1. The van der Waals surface area contributed by atoms with Gasteiger partial charge in [0.15, 0.2) is 11.6 Å². The van der Waals surface area contributed by atoms with Crippen LogP contribution in [0.1, 0.15) is 21.9 Å². The molecule has 0 aliphatic carbocycles. The van der Waals surface area contributed by atoms with E-state index in [4.69, 9.17) is 20.9 Å². The average molecular weight is 453 g/mol. The van der Waals surface area contributed by atoms with Crippen LogP contribution in [0.3, 0.4) is 0 Å². The van der Waals surface area contributed by atoms with Gasteiger partial charge in [0.05, 0.1) is 21.6 Å². The molecule has 0 aliphatic rings. The number of ether oxygens (including phenoxy) is 1. The molecule has 0 saturated heterocycles. The number of halogens is 2. The quantitative estimate of drug-likeness (QED) is 0.249. The second kappa shape index (κ2) is 8.53. The van der Waals surface area contributed by atoms with E-state index in [1.165, 1.54) is 25.1 Å². The van der Waals surface area contributed by atoms with Crippen LogP contribution in [-0.4, -0.2) is 32.8 Å². The van der Waals surface area contributed by atoms with Crippen LogP contribution in [0.5, 0.6) is 0 Å². The van der Waals surface area contributed by atoms with E-state index >= 15 is 0 Å². The fourth-order valence-electron chi connectivity index (χ4n) is 3.11. The van der Waals surface area contributed by atoms with Crippen LogP contribution < -0.4 is 0 Å². The van der Waals surface area contributed by atoms with E-state index in [0.29, 0.717) is 11.0 Å². The van der Waals surface area contributed by atoms with Gasteiger partial charge in [0.2, 0.25) is 0 Å². The zero-order valence-corrected chi connectivity index (χ0v) is 17.3. The number of nitrogens with one attached hydrogen (secondary N) is 1. The van der Waals surface area contributed by atoms with Crippen molar-refractivity contribution in [2.45, 2.75) is 6.92 Å². The Balaban J connectivity index is 1.61. The van der Waals surface area contributed by atoms with Crippen molar-refractivity contribution in [3.8, 4) is 17.3 Å². The molecule has 4 aromatic rings. The lowest BCUT2D eigenvalue weighted by atomic mass is 10.1. The number of rotatable bonds is 5. The van der Waals surface area contributed by atoms with Crippen molar-refractivity contribution >= 4 is 34.2 Å². The lowest BCUT2D eigenvalue weighted by Crippen LogP contribution is -2.11. The number of hydrogen-bond acceptors (Lipinski definition) is 7. The molecule has 0 aliphatic heterocycles. The summed E-state index contributed by atoms with van der Waals surface area (Å²) in [6, 6.07) is 13.0. The van der Waals surface area contributed by atoms with Crippen LogP contribution >= 0.6 is 11.6 Å². The molecule has 2 N–H and O–H groups in total. The zero-order chi connectivity index (χ0) is 22.8. The third-order valence-electron chi connectivity index (χ3n) is 4.63. The van der Waals surface area contributed by atoms with Gasteiger partial charge in [-0.1, -0.05) is 35.0 Å². The zero-order valence-electron chi connectivity index (χ0n) is 16.5. The normalized spacial score (nSPS) is 11.8. The molecule has 8 nitrogen and oxygen atoms in total. The Hall–Kier alpha value is -4.16. The highest BCUT2D eigenvalue weighted by atomic mass is 35.5. The Kier molecular flexibility index (Phi) is 5.62. The van der Waals surface area contributed by atoms with Gasteiger partial charge in [-0.2, -0.15) is 5.26 Å². The van der Waals surface area contributed by atoms with Crippen LogP contribution in [0.4, 0.5) is 4.39 Å². The minimum absolute atomic E-state index is 0.0340. The Morgan fingerprint density at radius 2 is 2.09 bits per heavy atom. The maximum atomic E-state index is 14.3. The number of aryl methyl sites for hydroxylation is 1. The summed E-state index contributed by atoms with van der Waals surface area (Å²) in [5, 5.41) is 23.6. The Morgan fingerprint density at radius 3 is 2.81 bits per heavy atom.